The molecule has 0 fully saturated rings. The maximum atomic E-state index is 5.80. The largest absolute Gasteiger partial charge is 0.469 e. The molecule has 0 saturated heterocycles. The maximum absolute atomic E-state index is 5.80. The monoisotopic (exact) mass is 231 g/mol. The van der Waals surface area contributed by atoms with Crippen molar-refractivity contribution >= 4 is 0 Å². The number of nitrogens with two attached hydrogens (primary N) is 1. The van der Waals surface area contributed by atoms with Crippen LogP contribution < -0.4 is 5.73 Å². The van der Waals surface area contributed by atoms with Crippen LogP contribution in [-0.2, 0) is 0 Å². The highest BCUT2D eigenvalue weighted by Gasteiger charge is 2.23. The molecule has 0 spiro atoms. The first kappa shape index (κ1) is 10.3. The predicted molar refractivity (Wildman–Crippen MR) is 61.2 cm³/mol. The van der Waals surface area contributed by atoms with Gasteiger partial charge < -0.3 is 14.7 Å². The van der Waals surface area contributed by atoms with Gasteiger partial charge >= 0.3 is 0 Å². The van der Waals surface area contributed by atoms with Crippen molar-refractivity contribution < 1.29 is 8.94 Å². The Morgan fingerprint density at radius 3 is 2.94 bits per heavy atom. The molecular formula is C12H13N3O2. The Bertz CT molecular complexity index is 556. The molecule has 2 N–H and O–H groups in total. The highest BCUT2D eigenvalue weighted by atomic mass is 16.5. The number of rotatable bonds is 2. The van der Waals surface area contributed by atoms with Gasteiger partial charge in [0.15, 0.2) is 0 Å². The van der Waals surface area contributed by atoms with E-state index in [-0.39, 0.29) is 12.0 Å². The van der Waals surface area contributed by atoms with Crippen molar-refractivity contribution in [3.8, 4) is 11.4 Å². The van der Waals surface area contributed by atoms with Gasteiger partial charge in [0.05, 0.1) is 17.7 Å². The van der Waals surface area contributed by atoms with Gasteiger partial charge in [0, 0.05) is 6.04 Å². The summed E-state index contributed by atoms with van der Waals surface area (Å²) in [6, 6.07) is 1.92. The average molecular weight is 231 g/mol. The molecule has 0 saturated carbocycles. The number of allylic oxidation sites excluding steroid dienone is 1. The number of aromatic nitrogens is 2. The van der Waals surface area contributed by atoms with E-state index in [1.54, 1.807) is 6.26 Å². The summed E-state index contributed by atoms with van der Waals surface area (Å²) >= 11 is 0. The summed E-state index contributed by atoms with van der Waals surface area (Å²) in [6.07, 6.45) is 6.43. The molecule has 0 aromatic carbocycles. The molecule has 2 aromatic heterocycles. The first-order chi connectivity index (χ1) is 8.24. The molecule has 0 aliphatic heterocycles. The third kappa shape index (κ3) is 1.78. The molecular weight excluding hydrogens is 218 g/mol. The standard InChI is InChI=1S/C12H13N3O2/c1-7-10(4-5-16-7)11-14-12(17-15-11)8-2-3-9(13)6-8/h2-5,8-9H,6,13H2,1H3. The predicted octanol–water partition coefficient (Wildman–Crippen LogP) is 2.01. The van der Waals surface area contributed by atoms with E-state index in [0.29, 0.717) is 11.7 Å². The van der Waals surface area contributed by atoms with E-state index < -0.39 is 0 Å². The van der Waals surface area contributed by atoms with Gasteiger partial charge in [0.25, 0.3) is 0 Å². The van der Waals surface area contributed by atoms with Crippen molar-refractivity contribution in [2.75, 3.05) is 0 Å². The molecule has 3 rings (SSSR count). The highest BCUT2D eigenvalue weighted by Crippen LogP contribution is 2.29. The van der Waals surface area contributed by atoms with E-state index >= 15 is 0 Å². The summed E-state index contributed by atoms with van der Waals surface area (Å²) in [5, 5.41) is 3.97. The number of aryl methyl sites for hydroxylation is 1. The molecule has 2 unspecified atom stereocenters. The molecule has 17 heavy (non-hydrogen) atoms. The lowest BCUT2D eigenvalue weighted by Gasteiger charge is -2.01. The van der Waals surface area contributed by atoms with Crippen LogP contribution in [0.2, 0.25) is 0 Å². The van der Waals surface area contributed by atoms with Gasteiger partial charge in [-0.15, -0.1) is 0 Å². The Morgan fingerprint density at radius 2 is 2.29 bits per heavy atom. The Balaban J connectivity index is 1.89. The third-order valence-electron chi connectivity index (χ3n) is 2.98. The summed E-state index contributed by atoms with van der Waals surface area (Å²) in [7, 11) is 0. The van der Waals surface area contributed by atoms with Crippen LogP contribution in [0.3, 0.4) is 0 Å². The second kappa shape index (κ2) is 3.85. The molecule has 0 radical (unpaired) electrons. The van der Waals surface area contributed by atoms with Crippen LogP contribution in [0.1, 0.15) is 24.0 Å². The van der Waals surface area contributed by atoms with Crippen LogP contribution in [-0.4, -0.2) is 16.2 Å². The van der Waals surface area contributed by atoms with E-state index in [2.05, 4.69) is 10.1 Å². The van der Waals surface area contributed by atoms with Crippen molar-refractivity contribution in [2.45, 2.75) is 25.3 Å². The van der Waals surface area contributed by atoms with Gasteiger partial charge in [-0.3, -0.25) is 0 Å². The van der Waals surface area contributed by atoms with Crippen LogP contribution >= 0.6 is 0 Å². The Morgan fingerprint density at radius 1 is 1.41 bits per heavy atom. The molecule has 1 aliphatic carbocycles. The van der Waals surface area contributed by atoms with Gasteiger partial charge in [0.1, 0.15) is 5.76 Å². The smallest absolute Gasteiger partial charge is 0.233 e. The second-order valence-corrected chi connectivity index (χ2v) is 4.24. The van der Waals surface area contributed by atoms with Crippen molar-refractivity contribution in [1.82, 2.24) is 10.1 Å². The molecule has 2 aromatic rings. The maximum Gasteiger partial charge on any atom is 0.233 e. The second-order valence-electron chi connectivity index (χ2n) is 4.24. The quantitative estimate of drug-likeness (QED) is 0.800. The minimum atomic E-state index is 0.0889. The minimum Gasteiger partial charge on any atom is -0.469 e. The van der Waals surface area contributed by atoms with E-state index in [1.807, 2.05) is 25.1 Å². The molecule has 0 bridgehead atoms. The normalized spacial score (nSPS) is 23.4. The van der Waals surface area contributed by atoms with Crippen LogP contribution in [0.5, 0.6) is 0 Å². The minimum absolute atomic E-state index is 0.0889. The van der Waals surface area contributed by atoms with Crippen molar-refractivity contribution in [3.05, 3.63) is 36.1 Å². The molecule has 1 aliphatic rings. The Hall–Kier alpha value is -1.88. The van der Waals surface area contributed by atoms with Crippen LogP contribution in [0.25, 0.3) is 11.4 Å². The van der Waals surface area contributed by atoms with Gasteiger partial charge in [0.2, 0.25) is 11.7 Å². The zero-order valence-corrected chi connectivity index (χ0v) is 9.46. The van der Waals surface area contributed by atoms with Crippen molar-refractivity contribution in [3.63, 3.8) is 0 Å². The number of nitrogens with zero attached hydrogens (tertiary/aromatic N) is 2. The van der Waals surface area contributed by atoms with Gasteiger partial charge in [-0.25, -0.2) is 0 Å². The van der Waals surface area contributed by atoms with Crippen LogP contribution in [0.15, 0.2) is 33.4 Å². The van der Waals surface area contributed by atoms with Crippen LogP contribution in [0.4, 0.5) is 0 Å². The van der Waals surface area contributed by atoms with Crippen molar-refractivity contribution in [2.24, 2.45) is 5.73 Å². The third-order valence-corrected chi connectivity index (χ3v) is 2.98. The summed E-state index contributed by atoms with van der Waals surface area (Å²) in [6.45, 7) is 1.87. The number of hydrogen-bond acceptors (Lipinski definition) is 5. The van der Waals surface area contributed by atoms with E-state index in [1.165, 1.54) is 0 Å². The molecule has 2 atom stereocenters. The fraction of sp³-hybridized carbons (Fsp3) is 0.333. The Kier molecular flexibility index (Phi) is 2.33. The summed E-state index contributed by atoms with van der Waals surface area (Å²) < 4.78 is 10.5. The van der Waals surface area contributed by atoms with E-state index in [9.17, 15) is 0 Å². The zero-order chi connectivity index (χ0) is 11.8. The lowest BCUT2D eigenvalue weighted by Crippen LogP contribution is -2.14. The molecule has 88 valence electrons. The molecule has 2 heterocycles. The summed E-state index contributed by atoms with van der Waals surface area (Å²) in [4.78, 5) is 4.39. The summed E-state index contributed by atoms with van der Waals surface area (Å²) in [5.41, 5.74) is 6.66. The molecule has 5 nitrogen and oxygen atoms in total. The number of furan rings is 1. The number of hydrogen-bond donors (Lipinski definition) is 1. The van der Waals surface area contributed by atoms with E-state index in [4.69, 9.17) is 14.7 Å². The molecule has 5 heteroatoms. The zero-order valence-electron chi connectivity index (χ0n) is 9.46. The van der Waals surface area contributed by atoms with Gasteiger partial charge in [-0.1, -0.05) is 17.3 Å². The fourth-order valence-electron chi connectivity index (χ4n) is 2.02. The Labute approximate surface area is 98.3 Å². The SMILES string of the molecule is Cc1occc1-c1noc(C2C=CC(N)C2)n1. The van der Waals surface area contributed by atoms with Crippen molar-refractivity contribution in [1.29, 1.82) is 0 Å². The lowest BCUT2D eigenvalue weighted by atomic mass is 10.1. The average Bonchev–Trinajstić information content (AvgIpc) is 2.97. The first-order valence-electron chi connectivity index (χ1n) is 5.56. The van der Waals surface area contributed by atoms with E-state index in [0.717, 1.165) is 17.7 Å². The lowest BCUT2D eigenvalue weighted by molar-refractivity contribution is 0.364. The van der Waals surface area contributed by atoms with Crippen LogP contribution in [0, 0.1) is 6.92 Å². The highest BCUT2D eigenvalue weighted by molar-refractivity contribution is 5.56. The first-order valence-corrected chi connectivity index (χ1v) is 5.56. The van der Waals surface area contributed by atoms with Gasteiger partial charge in [-0.05, 0) is 19.4 Å². The molecule has 0 amide bonds. The van der Waals surface area contributed by atoms with Gasteiger partial charge in [-0.2, -0.15) is 4.98 Å². The summed E-state index contributed by atoms with van der Waals surface area (Å²) in [5.74, 6) is 2.11. The fourth-order valence-corrected chi connectivity index (χ4v) is 2.02. The topological polar surface area (TPSA) is 78.1 Å².